The van der Waals surface area contributed by atoms with Crippen molar-refractivity contribution in [3.05, 3.63) is 126 Å². The third-order valence-electron chi connectivity index (χ3n) is 9.15. The van der Waals surface area contributed by atoms with Gasteiger partial charge in [-0.15, -0.1) is 0 Å². The maximum absolute atomic E-state index is 2.56. The summed E-state index contributed by atoms with van der Waals surface area (Å²) in [5.41, 5.74) is 5.19. The zero-order chi connectivity index (χ0) is 24.8. The van der Waals surface area contributed by atoms with Crippen LogP contribution in [0.4, 0.5) is 0 Å². The Morgan fingerprint density at radius 1 is 0.571 bits per heavy atom. The summed E-state index contributed by atoms with van der Waals surface area (Å²) in [6.45, 7) is 14.6. The van der Waals surface area contributed by atoms with Crippen molar-refractivity contribution in [2.45, 2.75) is 58.0 Å². The largest absolute Gasteiger partial charge is 0.119 e. The molecule has 1 aliphatic rings. The predicted molar refractivity (Wildman–Crippen MR) is 155 cm³/mol. The molecule has 0 amide bonds. The van der Waals surface area contributed by atoms with Crippen LogP contribution in [0.3, 0.4) is 0 Å². The minimum atomic E-state index is -1.98. The van der Waals surface area contributed by atoms with E-state index in [0.29, 0.717) is 11.6 Å². The lowest BCUT2D eigenvalue weighted by Crippen LogP contribution is -2.34. The highest BCUT2D eigenvalue weighted by atomic mass is 31.2. The molecule has 2 unspecified atom stereocenters. The second kappa shape index (κ2) is 8.76. The molecule has 0 aromatic heterocycles. The molecule has 1 heteroatoms. The summed E-state index contributed by atoms with van der Waals surface area (Å²) >= 11 is 0. The lowest BCUT2D eigenvalue weighted by atomic mass is 9.71. The molecule has 0 fully saturated rings. The third kappa shape index (κ3) is 3.61. The first-order chi connectivity index (χ1) is 16.7. The summed E-state index contributed by atoms with van der Waals surface area (Å²) < 4.78 is 0. The molecule has 178 valence electrons. The summed E-state index contributed by atoms with van der Waals surface area (Å²) in [6.07, 6.45) is 0. The lowest BCUT2D eigenvalue weighted by Gasteiger charge is -2.34. The van der Waals surface area contributed by atoms with Crippen LogP contribution in [0.1, 0.15) is 63.9 Å². The Labute approximate surface area is 212 Å². The number of hydrogen-bond donors (Lipinski definition) is 0. The summed E-state index contributed by atoms with van der Waals surface area (Å²) in [5.74, 6) is 0.590. The van der Waals surface area contributed by atoms with Crippen molar-refractivity contribution in [1.82, 2.24) is 0 Å². The van der Waals surface area contributed by atoms with Gasteiger partial charge in [-0.25, -0.2) is 0 Å². The Kier molecular flexibility index (Phi) is 6.01. The van der Waals surface area contributed by atoms with E-state index in [1.165, 1.54) is 32.6 Å². The number of fused-ring (bicyclic) bond motifs is 1. The van der Waals surface area contributed by atoms with Gasteiger partial charge in [0.1, 0.15) is 28.8 Å². The van der Waals surface area contributed by atoms with Gasteiger partial charge < -0.3 is 0 Å². The van der Waals surface area contributed by atoms with Crippen LogP contribution in [0, 0.1) is 5.92 Å². The third-order valence-corrected chi connectivity index (χ3v) is 13.9. The minimum Gasteiger partial charge on any atom is -0.0620 e. The second-order valence-corrected chi connectivity index (χ2v) is 15.1. The Hall–Kier alpha value is -2.69. The fourth-order valence-corrected chi connectivity index (χ4v) is 11.4. The molecule has 0 aliphatic heterocycles. The normalized spacial score (nSPS) is 19.2. The Morgan fingerprint density at radius 2 is 0.971 bits per heavy atom. The van der Waals surface area contributed by atoms with E-state index in [9.17, 15) is 0 Å². The summed E-state index contributed by atoms with van der Waals surface area (Å²) in [5, 5.41) is 4.33. The van der Waals surface area contributed by atoms with Crippen LogP contribution < -0.4 is 15.9 Å². The van der Waals surface area contributed by atoms with Gasteiger partial charge in [-0.2, -0.15) is 0 Å². The molecule has 4 aromatic carbocycles. The van der Waals surface area contributed by atoms with E-state index in [0.717, 1.165) is 0 Å². The molecular formula is C34H38P+. The number of benzene rings is 4. The molecule has 0 heterocycles. The van der Waals surface area contributed by atoms with Crippen molar-refractivity contribution in [1.29, 1.82) is 0 Å². The molecule has 0 bridgehead atoms. The first-order valence-electron chi connectivity index (χ1n) is 12.9. The maximum Gasteiger partial charge on any atom is 0.119 e. The van der Waals surface area contributed by atoms with E-state index in [-0.39, 0.29) is 10.8 Å². The van der Waals surface area contributed by atoms with Gasteiger partial charge in [-0.1, -0.05) is 107 Å². The Balaban J connectivity index is 1.79. The van der Waals surface area contributed by atoms with Crippen molar-refractivity contribution in [2.24, 2.45) is 5.92 Å². The lowest BCUT2D eigenvalue weighted by molar-refractivity contribution is 0.264. The van der Waals surface area contributed by atoms with Crippen LogP contribution in [-0.4, -0.2) is 0 Å². The zero-order valence-corrected chi connectivity index (χ0v) is 22.9. The van der Waals surface area contributed by atoms with E-state index in [4.69, 9.17) is 0 Å². The zero-order valence-electron chi connectivity index (χ0n) is 22.0. The quantitative estimate of drug-likeness (QED) is 0.256. The predicted octanol–water partition coefficient (Wildman–Crippen LogP) is 7.95. The minimum absolute atomic E-state index is 0.155. The summed E-state index contributed by atoms with van der Waals surface area (Å²) in [4.78, 5) is 0. The molecule has 35 heavy (non-hydrogen) atoms. The van der Waals surface area contributed by atoms with Crippen molar-refractivity contribution >= 4 is 23.2 Å². The molecule has 0 saturated carbocycles. The van der Waals surface area contributed by atoms with Crippen molar-refractivity contribution in [3.8, 4) is 0 Å². The first kappa shape index (κ1) is 24.0. The molecule has 0 N–H and O–H groups in total. The monoisotopic (exact) mass is 477 g/mol. The van der Waals surface area contributed by atoms with Gasteiger partial charge >= 0.3 is 0 Å². The summed E-state index contributed by atoms with van der Waals surface area (Å²) in [7, 11) is -1.98. The van der Waals surface area contributed by atoms with Gasteiger partial charge in [-0.3, -0.25) is 0 Å². The van der Waals surface area contributed by atoms with Crippen molar-refractivity contribution in [2.75, 3.05) is 0 Å². The molecule has 0 spiro atoms. The van der Waals surface area contributed by atoms with Crippen molar-refractivity contribution in [3.63, 3.8) is 0 Å². The highest BCUT2D eigenvalue weighted by Crippen LogP contribution is 2.67. The average Bonchev–Trinajstić information content (AvgIpc) is 3.03. The van der Waals surface area contributed by atoms with E-state index < -0.39 is 7.26 Å². The highest BCUT2D eigenvalue weighted by Gasteiger charge is 2.52. The SMILES string of the molecule is CC1C(C)(C)c2ccc(C(C)[P+](c3ccccc3)(c3ccccc3)c3ccccc3)cc2C1(C)C. The smallest absolute Gasteiger partial charge is 0.0620 e. The Morgan fingerprint density at radius 3 is 1.40 bits per heavy atom. The molecule has 4 aromatic rings. The molecule has 0 radical (unpaired) electrons. The van der Waals surface area contributed by atoms with E-state index >= 15 is 0 Å². The van der Waals surface area contributed by atoms with Gasteiger partial charge in [0.15, 0.2) is 0 Å². The molecular weight excluding hydrogens is 439 g/mol. The second-order valence-electron chi connectivity index (χ2n) is 11.4. The molecule has 5 rings (SSSR count). The van der Waals surface area contributed by atoms with Crippen LogP contribution >= 0.6 is 7.26 Å². The van der Waals surface area contributed by atoms with Crippen LogP contribution in [0.5, 0.6) is 0 Å². The topological polar surface area (TPSA) is 0 Å². The summed E-state index contributed by atoms with van der Waals surface area (Å²) in [6, 6.07) is 41.2. The fraction of sp³-hybridized carbons (Fsp3) is 0.294. The molecule has 2 atom stereocenters. The molecule has 0 nitrogen and oxygen atoms in total. The molecule has 0 saturated heterocycles. The van der Waals surface area contributed by atoms with Gasteiger partial charge in [0, 0.05) is 0 Å². The maximum atomic E-state index is 2.56. The average molecular weight is 478 g/mol. The number of rotatable bonds is 5. The van der Waals surface area contributed by atoms with E-state index in [2.05, 4.69) is 151 Å². The van der Waals surface area contributed by atoms with Gasteiger partial charge in [0.25, 0.3) is 0 Å². The highest BCUT2D eigenvalue weighted by molar-refractivity contribution is 7.95. The fourth-order valence-electron chi connectivity index (χ4n) is 6.62. The standard InChI is InChI=1S/C34H38P/c1-25(27-22-23-31-32(24-27)34(5,6)26(2)33(31,3)4)35(28-16-10-7-11-17-28,29-18-12-8-13-19-29)30-20-14-9-15-21-30/h7-26H,1-6H3/q+1. The van der Waals surface area contributed by atoms with Crippen LogP contribution in [0.2, 0.25) is 0 Å². The number of hydrogen-bond acceptors (Lipinski definition) is 0. The van der Waals surface area contributed by atoms with Gasteiger partial charge in [0.2, 0.25) is 0 Å². The van der Waals surface area contributed by atoms with Gasteiger partial charge in [-0.05, 0) is 76.8 Å². The van der Waals surface area contributed by atoms with Crippen molar-refractivity contribution < 1.29 is 0 Å². The van der Waals surface area contributed by atoms with E-state index in [1.54, 1.807) is 0 Å². The molecule has 1 aliphatic carbocycles. The van der Waals surface area contributed by atoms with E-state index in [1.807, 2.05) is 0 Å². The van der Waals surface area contributed by atoms with Crippen LogP contribution in [0.25, 0.3) is 0 Å². The van der Waals surface area contributed by atoms with Crippen LogP contribution in [0.15, 0.2) is 109 Å². The van der Waals surface area contributed by atoms with Crippen LogP contribution in [-0.2, 0) is 10.8 Å². The Bertz CT molecular complexity index is 1210. The first-order valence-corrected chi connectivity index (χ1v) is 14.8. The van der Waals surface area contributed by atoms with Gasteiger partial charge in [0.05, 0.1) is 0 Å².